The Morgan fingerprint density at radius 3 is 2.52 bits per heavy atom. The monoisotopic (exact) mass is 309 g/mol. The summed E-state index contributed by atoms with van der Waals surface area (Å²) in [6, 6.07) is 5.09. The first kappa shape index (κ1) is 15.7. The predicted molar refractivity (Wildman–Crippen MR) is 78.2 cm³/mol. The van der Waals surface area contributed by atoms with Crippen LogP contribution in [0.4, 0.5) is 0 Å². The van der Waals surface area contributed by atoms with Gasteiger partial charge in [-0.25, -0.2) is 8.42 Å². The second-order valence-corrected chi connectivity index (χ2v) is 7.01. The van der Waals surface area contributed by atoms with Gasteiger partial charge in [-0.05, 0) is 37.1 Å². The van der Waals surface area contributed by atoms with Crippen molar-refractivity contribution in [3.05, 3.63) is 41.0 Å². The average Bonchev–Trinajstić information content (AvgIpc) is 2.89. The highest BCUT2D eigenvalue weighted by Gasteiger charge is 2.23. The standard InChI is InChI=1S/C14H19N3O3S/c1-5-13-15-14(20-16-13)9-17(4)21(18,19)12-7-6-10(2)11(3)8-12/h6-8H,5,9H2,1-4H3. The van der Waals surface area contributed by atoms with Crippen LogP contribution in [-0.4, -0.2) is 29.9 Å². The summed E-state index contributed by atoms with van der Waals surface area (Å²) >= 11 is 0. The molecule has 21 heavy (non-hydrogen) atoms. The number of aryl methyl sites for hydroxylation is 3. The second kappa shape index (κ2) is 5.95. The molecule has 6 nitrogen and oxygen atoms in total. The Morgan fingerprint density at radius 2 is 1.95 bits per heavy atom. The van der Waals surface area contributed by atoms with Crippen LogP contribution in [0.15, 0.2) is 27.6 Å². The second-order valence-electron chi connectivity index (χ2n) is 4.97. The van der Waals surface area contributed by atoms with Crippen molar-refractivity contribution in [2.75, 3.05) is 7.05 Å². The number of hydrogen-bond acceptors (Lipinski definition) is 5. The molecule has 0 aliphatic carbocycles. The molecule has 0 aliphatic heterocycles. The van der Waals surface area contributed by atoms with Gasteiger partial charge >= 0.3 is 0 Å². The molecule has 1 aromatic carbocycles. The molecule has 0 saturated heterocycles. The summed E-state index contributed by atoms with van der Waals surface area (Å²) in [6.07, 6.45) is 0.650. The van der Waals surface area contributed by atoms with E-state index in [0.29, 0.717) is 18.1 Å². The first-order valence-corrected chi connectivity index (χ1v) is 8.13. The minimum absolute atomic E-state index is 0.0578. The Morgan fingerprint density at radius 1 is 1.24 bits per heavy atom. The van der Waals surface area contributed by atoms with Crippen LogP contribution < -0.4 is 0 Å². The van der Waals surface area contributed by atoms with Crippen molar-refractivity contribution < 1.29 is 12.9 Å². The van der Waals surface area contributed by atoms with Crippen molar-refractivity contribution in [3.63, 3.8) is 0 Å². The molecule has 0 spiro atoms. The van der Waals surface area contributed by atoms with Crippen molar-refractivity contribution in [2.45, 2.75) is 38.6 Å². The third-order valence-corrected chi connectivity index (χ3v) is 5.17. The lowest BCUT2D eigenvalue weighted by molar-refractivity contribution is 0.334. The van der Waals surface area contributed by atoms with Crippen LogP contribution in [0.1, 0.15) is 29.8 Å². The molecule has 1 heterocycles. The molecular formula is C14H19N3O3S. The summed E-state index contributed by atoms with van der Waals surface area (Å²) in [4.78, 5) is 4.39. The number of nitrogens with zero attached hydrogens (tertiary/aromatic N) is 3. The minimum Gasteiger partial charge on any atom is -0.338 e. The molecule has 1 aromatic heterocycles. The van der Waals surface area contributed by atoms with Crippen molar-refractivity contribution >= 4 is 10.0 Å². The fraction of sp³-hybridized carbons (Fsp3) is 0.429. The van der Waals surface area contributed by atoms with Gasteiger partial charge < -0.3 is 4.52 Å². The first-order chi connectivity index (χ1) is 9.84. The highest BCUT2D eigenvalue weighted by Crippen LogP contribution is 2.19. The van der Waals surface area contributed by atoms with E-state index >= 15 is 0 Å². The van der Waals surface area contributed by atoms with Gasteiger partial charge in [-0.3, -0.25) is 0 Å². The molecule has 0 aliphatic rings. The first-order valence-electron chi connectivity index (χ1n) is 6.69. The maximum absolute atomic E-state index is 12.5. The SMILES string of the molecule is CCc1noc(CN(C)S(=O)(=O)c2ccc(C)c(C)c2)n1. The molecule has 0 radical (unpaired) electrons. The van der Waals surface area contributed by atoms with Crippen LogP contribution in [0.2, 0.25) is 0 Å². The zero-order chi connectivity index (χ0) is 15.6. The van der Waals surface area contributed by atoms with Gasteiger partial charge in [0.15, 0.2) is 5.82 Å². The third-order valence-electron chi connectivity index (χ3n) is 3.37. The van der Waals surface area contributed by atoms with Crippen LogP contribution in [0.25, 0.3) is 0 Å². The molecule has 0 amide bonds. The largest absolute Gasteiger partial charge is 0.338 e. The van der Waals surface area contributed by atoms with Gasteiger partial charge in [-0.2, -0.15) is 9.29 Å². The molecule has 114 valence electrons. The van der Waals surface area contributed by atoms with Crippen LogP contribution >= 0.6 is 0 Å². The van der Waals surface area contributed by atoms with Gasteiger partial charge in [-0.15, -0.1) is 0 Å². The average molecular weight is 309 g/mol. The third kappa shape index (κ3) is 3.30. The summed E-state index contributed by atoms with van der Waals surface area (Å²) in [5.41, 5.74) is 2.00. The smallest absolute Gasteiger partial charge is 0.243 e. The molecule has 0 fully saturated rings. The molecule has 0 bridgehead atoms. The highest BCUT2D eigenvalue weighted by atomic mass is 32.2. The fourth-order valence-electron chi connectivity index (χ4n) is 1.83. The lowest BCUT2D eigenvalue weighted by Crippen LogP contribution is -2.26. The Balaban J connectivity index is 2.23. The maximum atomic E-state index is 12.5. The minimum atomic E-state index is -3.57. The fourth-order valence-corrected chi connectivity index (χ4v) is 3.03. The Labute approximate surface area is 124 Å². The Kier molecular flexibility index (Phi) is 4.43. The highest BCUT2D eigenvalue weighted by molar-refractivity contribution is 7.89. The normalized spacial score (nSPS) is 12.0. The molecule has 0 atom stereocenters. The van der Waals surface area contributed by atoms with Gasteiger partial charge in [0, 0.05) is 13.5 Å². The number of hydrogen-bond donors (Lipinski definition) is 0. The molecular weight excluding hydrogens is 290 g/mol. The lowest BCUT2D eigenvalue weighted by atomic mass is 10.1. The Bertz CT molecular complexity index is 738. The topological polar surface area (TPSA) is 76.3 Å². The molecule has 7 heteroatoms. The maximum Gasteiger partial charge on any atom is 0.243 e. The number of sulfonamides is 1. The van der Waals surface area contributed by atoms with Crippen molar-refractivity contribution in [2.24, 2.45) is 0 Å². The van der Waals surface area contributed by atoms with Gasteiger partial charge in [-0.1, -0.05) is 18.1 Å². The lowest BCUT2D eigenvalue weighted by Gasteiger charge is -2.15. The van der Waals surface area contributed by atoms with Gasteiger partial charge in [0.2, 0.25) is 15.9 Å². The molecule has 0 saturated carbocycles. The Hall–Kier alpha value is -1.73. The number of rotatable bonds is 5. The summed E-state index contributed by atoms with van der Waals surface area (Å²) in [6.45, 7) is 5.80. The van der Waals surface area contributed by atoms with Crippen LogP contribution in [0, 0.1) is 13.8 Å². The van der Waals surface area contributed by atoms with Crippen molar-refractivity contribution in [1.82, 2.24) is 14.4 Å². The van der Waals surface area contributed by atoms with E-state index in [2.05, 4.69) is 10.1 Å². The quantitative estimate of drug-likeness (QED) is 0.845. The van der Waals surface area contributed by atoms with E-state index in [9.17, 15) is 8.42 Å². The van der Waals surface area contributed by atoms with E-state index in [1.54, 1.807) is 18.2 Å². The zero-order valence-corrected chi connectivity index (χ0v) is 13.4. The van der Waals surface area contributed by atoms with E-state index in [0.717, 1.165) is 11.1 Å². The molecule has 0 N–H and O–H groups in total. The summed E-state index contributed by atoms with van der Waals surface area (Å²) in [5.74, 6) is 0.865. The molecule has 0 unspecified atom stereocenters. The number of aromatic nitrogens is 2. The summed E-state index contributed by atoms with van der Waals surface area (Å²) in [5, 5.41) is 3.76. The van der Waals surface area contributed by atoms with E-state index in [1.807, 2.05) is 20.8 Å². The number of benzene rings is 1. The molecule has 2 rings (SSSR count). The van der Waals surface area contributed by atoms with Crippen LogP contribution in [-0.2, 0) is 23.0 Å². The summed E-state index contributed by atoms with van der Waals surface area (Å²) in [7, 11) is -2.07. The van der Waals surface area contributed by atoms with Crippen molar-refractivity contribution in [1.29, 1.82) is 0 Å². The van der Waals surface area contributed by atoms with Gasteiger partial charge in [0.1, 0.15) is 0 Å². The summed E-state index contributed by atoms with van der Waals surface area (Å²) < 4.78 is 31.3. The molecule has 2 aromatic rings. The van der Waals surface area contributed by atoms with Crippen LogP contribution in [0.5, 0.6) is 0 Å². The zero-order valence-electron chi connectivity index (χ0n) is 12.6. The van der Waals surface area contributed by atoms with Gasteiger partial charge in [0.25, 0.3) is 0 Å². The predicted octanol–water partition coefficient (Wildman–Crippen LogP) is 2.07. The van der Waals surface area contributed by atoms with Crippen LogP contribution in [0.3, 0.4) is 0 Å². The van der Waals surface area contributed by atoms with Gasteiger partial charge in [0.05, 0.1) is 11.4 Å². The van der Waals surface area contributed by atoms with Crippen molar-refractivity contribution in [3.8, 4) is 0 Å². The van der Waals surface area contributed by atoms with E-state index < -0.39 is 10.0 Å². The van der Waals surface area contributed by atoms with E-state index in [4.69, 9.17) is 4.52 Å². The van der Waals surface area contributed by atoms with E-state index in [-0.39, 0.29) is 11.4 Å². The van der Waals surface area contributed by atoms with E-state index in [1.165, 1.54) is 11.4 Å².